The van der Waals surface area contributed by atoms with E-state index in [-0.39, 0.29) is 34.6 Å². The molecule has 1 amide bonds. The lowest BCUT2D eigenvalue weighted by Gasteiger charge is -2.36. The van der Waals surface area contributed by atoms with Crippen molar-refractivity contribution < 1.29 is 4.79 Å². The molecule has 1 aliphatic rings. The SMILES string of the molecule is Cc1cc(C(=O)N(C(C)C)C(C)C)c2c(=O)n(-c3ccccc3)c(=O)n(CCCN3CCN(c4ccccc4)CC3)c2n1. The van der Waals surface area contributed by atoms with Gasteiger partial charge in [0.1, 0.15) is 0 Å². The Hall–Kier alpha value is -4.24. The van der Waals surface area contributed by atoms with E-state index >= 15 is 0 Å². The van der Waals surface area contributed by atoms with Crippen LogP contribution in [0.5, 0.6) is 0 Å². The van der Waals surface area contributed by atoms with Crippen molar-refractivity contribution in [1.82, 2.24) is 23.9 Å². The van der Waals surface area contributed by atoms with Crippen LogP contribution in [0.25, 0.3) is 16.7 Å². The predicted octanol–water partition coefficient (Wildman–Crippen LogP) is 4.33. The van der Waals surface area contributed by atoms with Gasteiger partial charge in [-0.15, -0.1) is 0 Å². The number of pyridine rings is 1. The molecule has 1 saturated heterocycles. The largest absolute Gasteiger partial charge is 0.369 e. The van der Waals surface area contributed by atoms with Gasteiger partial charge in [-0.25, -0.2) is 14.3 Å². The Labute approximate surface area is 253 Å². The number of benzene rings is 2. The molecule has 0 spiro atoms. The topological polar surface area (TPSA) is 83.7 Å². The van der Waals surface area contributed by atoms with Crippen LogP contribution in [0.2, 0.25) is 0 Å². The van der Waals surface area contributed by atoms with Crippen LogP contribution in [0, 0.1) is 6.92 Å². The first-order valence-corrected chi connectivity index (χ1v) is 15.2. The number of rotatable bonds is 9. The fourth-order valence-electron chi connectivity index (χ4n) is 6.17. The van der Waals surface area contributed by atoms with Crippen LogP contribution in [0.1, 0.15) is 50.2 Å². The van der Waals surface area contributed by atoms with Crippen molar-refractivity contribution in [2.24, 2.45) is 0 Å². The van der Waals surface area contributed by atoms with Gasteiger partial charge in [0.2, 0.25) is 0 Å². The highest BCUT2D eigenvalue weighted by atomic mass is 16.2. The molecule has 3 heterocycles. The molecule has 0 N–H and O–H groups in total. The molecular weight excluding hydrogens is 540 g/mol. The number of piperazine rings is 1. The minimum atomic E-state index is -0.525. The molecule has 0 radical (unpaired) electrons. The normalized spacial score (nSPS) is 14.2. The van der Waals surface area contributed by atoms with Crippen LogP contribution in [-0.4, -0.2) is 74.6 Å². The van der Waals surface area contributed by atoms with E-state index < -0.39 is 11.2 Å². The van der Waals surface area contributed by atoms with Crippen molar-refractivity contribution in [2.45, 2.75) is 59.7 Å². The Morgan fingerprint density at radius 2 is 1.42 bits per heavy atom. The van der Waals surface area contributed by atoms with Crippen molar-refractivity contribution >= 4 is 22.6 Å². The average Bonchev–Trinajstić information content (AvgIpc) is 2.99. The fourth-order valence-corrected chi connectivity index (χ4v) is 6.17. The van der Waals surface area contributed by atoms with Crippen LogP contribution in [-0.2, 0) is 6.54 Å². The average molecular weight is 583 g/mol. The molecule has 43 heavy (non-hydrogen) atoms. The summed E-state index contributed by atoms with van der Waals surface area (Å²) in [5.41, 5.74) is 1.88. The minimum absolute atomic E-state index is 0.0689. The lowest BCUT2D eigenvalue weighted by Crippen LogP contribution is -2.47. The number of hydrogen-bond donors (Lipinski definition) is 0. The van der Waals surface area contributed by atoms with Gasteiger partial charge in [0.05, 0.1) is 16.6 Å². The second-order valence-electron chi connectivity index (χ2n) is 11.8. The smallest absolute Gasteiger partial charge is 0.337 e. The summed E-state index contributed by atoms with van der Waals surface area (Å²) >= 11 is 0. The van der Waals surface area contributed by atoms with E-state index in [1.54, 1.807) is 46.7 Å². The summed E-state index contributed by atoms with van der Waals surface area (Å²) in [5, 5.41) is 0.182. The zero-order valence-electron chi connectivity index (χ0n) is 25.9. The van der Waals surface area contributed by atoms with E-state index in [9.17, 15) is 14.4 Å². The van der Waals surface area contributed by atoms with Gasteiger partial charge >= 0.3 is 5.69 Å². The van der Waals surface area contributed by atoms with E-state index in [2.05, 4.69) is 34.1 Å². The third-order valence-corrected chi connectivity index (χ3v) is 8.16. The standard InChI is InChI=1S/C34H42N6O3/c1-24(2)39(25(3)4)32(41)29-23-26(5)35-31-30(29)33(42)40(28-15-10-7-11-16-28)34(43)38(31)18-12-17-36-19-21-37(22-20-36)27-13-8-6-9-14-27/h6-11,13-16,23-25H,12,17-22H2,1-5H3. The number of para-hydroxylation sites is 2. The van der Waals surface area contributed by atoms with Gasteiger partial charge in [0.15, 0.2) is 5.65 Å². The molecule has 2 aromatic heterocycles. The van der Waals surface area contributed by atoms with Gasteiger partial charge in [-0.2, -0.15) is 0 Å². The van der Waals surface area contributed by atoms with E-state index in [4.69, 9.17) is 4.98 Å². The second-order valence-corrected chi connectivity index (χ2v) is 11.8. The molecule has 9 heteroatoms. The number of nitrogens with zero attached hydrogens (tertiary/aromatic N) is 6. The zero-order valence-corrected chi connectivity index (χ0v) is 25.9. The molecular formula is C34H42N6O3. The van der Waals surface area contributed by atoms with Gasteiger partial charge in [-0.05, 0) is 77.9 Å². The maximum atomic E-state index is 14.1. The molecule has 4 aromatic rings. The summed E-state index contributed by atoms with van der Waals surface area (Å²) in [5.74, 6) is -0.237. The lowest BCUT2D eigenvalue weighted by atomic mass is 10.1. The van der Waals surface area contributed by atoms with E-state index in [1.807, 2.05) is 39.8 Å². The Bertz CT molecular complexity index is 1680. The molecule has 0 aliphatic carbocycles. The quantitative estimate of drug-likeness (QED) is 0.292. The number of carbonyl (C=O) groups is 1. The van der Waals surface area contributed by atoms with Crippen molar-refractivity contribution in [3.8, 4) is 5.69 Å². The molecule has 2 aromatic carbocycles. The highest BCUT2D eigenvalue weighted by Gasteiger charge is 2.28. The summed E-state index contributed by atoms with van der Waals surface area (Å²) in [6.45, 7) is 14.6. The second kappa shape index (κ2) is 13.0. The highest BCUT2D eigenvalue weighted by Crippen LogP contribution is 2.21. The van der Waals surface area contributed by atoms with Crippen molar-refractivity contribution in [3.05, 3.63) is 98.8 Å². The maximum absolute atomic E-state index is 14.1. The fraction of sp³-hybridized carbons (Fsp3) is 0.412. The first-order valence-electron chi connectivity index (χ1n) is 15.2. The number of carbonyl (C=O) groups excluding carboxylic acids is 1. The third-order valence-electron chi connectivity index (χ3n) is 8.16. The first kappa shape index (κ1) is 30.2. The van der Waals surface area contributed by atoms with E-state index in [0.29, 0.717) is 24.3 Å². The van der Waals surface area contributed by atoms with Crippen LogP contribution in [0.4, 0.5) is 5.69 Å². The van der Waals surface area contributed by atoms with Crippen molar-refractivity contribution in [1.29, 1.82) is 0 Å². The summed E-state index contributed by atoms with van der Waals surface area (Å²) in [7, 11) is 0. The van der Waals surface area contributed by atoms with E-state index in [0.717, 1.165) is 32.7 Å². The molecule has 9 nitrogen and oxygen atoms in total. The Morgan fingerprint density at radius 1 is 0.837 bits per heavy atom. The van der Waals surface area contributed by atoms with Gasteiger partial charge in [-0.3, -0.25) is 19.1 Å². The molecule has 1 aliphatic heterocycles. The predicted molar refractivity (Wildman–Crippen MR) is 172 cm³/mol. The Morgan fingerprint density at radius 3 is 2.00 bits per heavy atom. The van der Waals surface area contributed by atoms with Crippen LogP contribution < -0.4 is 16.1 Å². The minimum Gasteiger partial charge on any atom is -0.369 e. The number of aromatic nitrogens is 3. The maximum Gasteiger partial charge on any atom is 0.337 e. The summed E-state index contributed by atoms with van der Waals surface area (Å²) in [4.78, 5) is 53.4. The first-order chi connectivity index (χ1) is 20.7. The molecule has 5 rings (SSSR count). The number of aryl methyl sites for hydroxylation is 2. The summed E-state index contributed by atoms with van der Waals surface area (Å²) in [6.07, 6.45) is 0.705. The summed E-state index contributed by atoms with van der Waals surface area (Å²) < 4.78 is 2.77. The molecule has 0 unspecified atom stereocenters. The monoisotopic (exact) mass is 582 g/mol. The van der Waals surface area contributed by atoms with E-state index in [1.165, 1.54) is 10.3 Å². The van der Waals surface area contributed by atoms with Gasteiger partial charge in [0.25, 0.3) is 11.5 Å². The third kappa shape index (κ3) is 6.27. The molecule has 1 fully saturated rings. The molecule has 0 bridgehead atoms. The van der Waals surface area contributed by atoms with Crippen molar-refractivity contribution in [2.75, 3.05) is 37.6 Å². The van der Waals surface area contributed by atoms with Gasteiger partial charge < -0.3 is 9.80 Å². The molecule has 0 atom stereocenters. The molecule has 226 valence electrons. The lowest BCUT2D eigenvalue weighted by molar-refractivity contribution is 0.0645. The molecule has 0 saturated carbocycles. The Kier molecular flexibility index (Phi) is 9.11. The van der Waals surface area contributed by atoms with Crippen LogP contribution in [0.3, 0.4) is 0 Å². The van der Waals surface area contributed by atoms with Gasteiger partial charge in [-0.1, -0.05) is 36.4 Å². The van der Waals surface area contributed by atoms with Crippen molar-refractivity contribution in [3.63, 3.8) is 0 Å². The Balaban J connectivity index is 1.51. The number of amides is 1. The number of fused-ring (bicyclic) bond motifs is 1. The van der Waals surface area contributed by atoms with Crippen LogP contribution >= 0.6 is 0 Å². The zero-order chi connectivity index (χ0) is 30.7. The summed E-state index contributed by atoms with van der Waals surface area (Å²) in [6, 6.07) is 20.9. The number of anilines is 1. The highest BCUT2D eigenvalue weighted by molar-refractivity contribution is 6.05. The van der Waals surface area contributed by atoms with Crippen LogP contribution in [0.15, 0.2) is 76.3 Å². The number of hydrogen-bond acceptors (Lipinski definition) is 6. The van der Waals surface area contributed by atoms with Gasteiger partial charge in [0, 0.05) is 56.2 Å².